The Balaban J connectivity index is 1.80. The monoisotopic (exact) mass is 286 g/mol. The van der Waals surface area contributed by atoms with E-state index in [9.17, 15) is 4.39 Å². The van der Waals surface area contributed by atoms with Crippen molar-refractivity contribution >= 4 is 0 Å². The molecule has 2 nitrogen and oxygen atoms in total. The van der Waals surface area contributed by atoms with E-state index in [2.05, 4.69) is 0 Å². The minimum absolute atomic E-state index is 0.123. The van der Waals surface area contributed by atoms with Crippen molar-refractivity contribution in [1.82, 2.24) is 0 Å². The Bertz CT molecular complexity index is 614. The van der Waals surface area contributed by atoms with Gasteiger partial charge in [-0.3, -0.25) is 0 Å². The van der Waals surface area contributed by atoms with Gasteiger partial charge in [0, 0.05) is 11.5 Å². The maximum Gasteiger partial charge on any atom is 0.154 e. The molecule has 3 rings (SSSR count). The molecule has 0 aliphatic carbocycles. The first kappa shape index (κ1) is 14.2. The molecule has 0 amide bonds. The summed E-state index contributed by atoms with van der Waals surface area (Å²) in [5, 5.41) is 0. The predicted molar refractivity (Wildman–Crippen MR) is 80.7 cm³/mol. The molecule has 1 saturated heterocycles. The minimum Gasteiger partial charge on any atom is -0.352 e. The van der Waals surface area contributed by atoms with Crippen LogP contribution in [0.4, 0.5) is 4.39 Å². The van der Waals surface area contributed by atoms with Crippen molar-refractivity contribution < 1.29 is 13.9 Å². The Hall–Kier alpha value is -1.71. The summed E-state index contributed by atoms with van der Waals surface area (Å²) in [6, 6.07) is 13.3. The molecule has 3 heteroatoms. The molecule has 0 unspecified atom stereocenters. The van der Waals surface area contributed by atoms with Crippen LogP contribution in [0, 0.1) is 12.7 Å². The lowest BCUT2D eigenvalue weighted by atomic mass is 9.96. The average Bonchev–Trinajstić information content (AvgIpc) is 2.48. The number of hydrogen-bond donors (Lipinski definition) is 0. The second kappa shape index (κ2) is 5.96. The van der Waals surface area contributed by atoms with Crippen LogP contribution in [0.1, 0.15) is 24.0 Å². The van der Waals surface area contributed by atoms with E-state index in [-0.39, 0.29) is 18.0 Å². The molecule has 0 atom stereocenters. The van der Waals surface area contributed by atoms with Crippen LogP contribution in [0.2, 0.25) is 0 Å². The molecule has 1 aliphatic rings. The standard InChI is InChI=1S/C18H19FO2/c1-12-3-8-17(18(19)9-12)15-6-4-14(5-7-15)16-10-20-13(2)21-11-16/h3-9,13,16H,10-11H2,1-2H3. The lowest BCUT2D eigenvalue weighted by Crippen LogP contribution is -2.28. The van der Waals surface area contributed by atoms with Gasteiger partial charge in [0.2, 0.25) is 0 Å². The number of rotatable bonds is 2. The molecule has 1 heterocycles. The van der Waals surface area contributed by atoms with E-state index in [4.69, 9.17) is 9.47 Å². The van der Waals surface area contributed by atoms with Crippen LogP contribution in [-0.4, -0.2) is 19.5 Å². The van der Waals surface area contributed by atoms with Gasteiger partial charge in [0.05, 0.1) is 13.2 Å². The van der Waals surface area contributed by atoms with Gasteiger partial charge in [0.25, 0.3) is 0 Å². The summed E-state index contributed by atoms with van der Waals surface area (Å²) in [6.07, 6.45) is -0.123. The summed E-state index contributed by atoms with van der Waals surface area (Å²) in [7, 11) is 0. The number of halogens is 1. The van der Waals surface area contributed by atoms with Crippen molar-refractivity contribution in [3.8, 4) is 11.1 Å². The fourth-order valence-electron chi connectivity index (χ4n) is 2.58. The van der Waals surface area contributed by atoms with E-state index >= 15 is 0 Å². The summed E-state index contributed by atoms with van der Waals surface area (Å²) in [4.78, 5) is 0. The van der Waals surface area contributed by atoms with Crippen LogP contribution in [0.15, 0.2) is 42.5 Å². The number of ether oxygens (including phenoxy) is 2. The molecule has 2 aromatic rings. The molecular weight excluding hydrogens is 267 g/mol. The van der Waals surface area contributed by atoms with E-state index in [1.807, 2.05) is 50.2 Å². The third-order valence-corrected chi connectivity index (χ3v) is 3.88. The maximum atomic E-state index is 14.0. The Morgan fingerprint density at radius 1 is 1.00 bits per heavy atom. The SMILES string of the molecule is Cc1ccc(-c2ccc(C3COC(C)OC3)cc2)c(F)c1. The second-order valence-electron chi connectivity index (χ2n) is 5.54. The van der Waals surface area contributed by atoms with Gasteiger partial charge in [0.15, 0.2) is 6.29 Å². The molecule has 0 N–H and O–H groups in total. The Kier molecular flexibility index (Phi) is 4.04. The van der Waals surface area contributed by atoms with Gasteiger partial charge in [-0.05, 0) is 36.6 Å². The van der Waals surface area contributed by atoms with Gasteiger partial charge in [-0.2, -0.15) is 0 Å². The summed E-state index contributed by atoms with van der Waals surface area (Å²) in [5.41, 5.74) is 3.62. The van der Waals surface area contributed by atoms with Gasteiger partial charge < -0.3 is 9.47 Å². The van der Waals surface area contributed by atoms with Crippen molar-refractivity contribution in [3.63, 3.8) is 0 Å². The Morgan fingerprint density at radius 2 is 1.67 bits per heavy atom. The maximum absolute atomic E-state index is 14.0. The predicted octanol–water partition coefficient (Wildman–Crippen LogP) is 4.28. The molecule has 0 bridgehead atoms. The first-order valence-electron chi connectivity index (χ1n) is 7.23. The molecule has 0 radical (unpaired) electrons. The lowest BCUT2D eigenvalue weighted by molar-refractivity contribution is -0.176. The molecule has 2 aromatic carbocycles. The van der Waals surface area contributed by atoms with Gasteiger partial charge in [-0.15, -0.1) is 0 Å². The number of hydrogen-bond acceptors (Lipinski definition) is 2. The zero-order valence-electron chi connectivity index (χ0n) is 12.3. The van der Waals surface area contributed by atoms with Crippen LogP contribution in [-0.2, 0) is 9.47 Å². The zero-order valence-corrected chi connectivity index (χ0v) is 12.3. The fourth-order valence-corrected chi connectivity index (χ4v) is 2.58. The van der Waals surface area contributed by atoms with Crippen LogP contribution < -0.4 is 0 Å². The minimum atomic E-state index is -0.180. The molecular formula is C18H19FO2. The highest BCUT2D eigenvalue weighted by atomic mass is 19.1. The van der Waals surface area contributed by atoms with Crippen molar-refractivity contribution in [2.75, 3.05) is 13.2 Å². The first-order valence-corrected chi connectivity index (χ1v) is 7.23. The summed E-state index contributed by atoms with van der Waals surface area (Å²) in [6.45, 7) is 5.12. The molecule has 1 aliphatic heterocycles. The summed E-state index contributed by atoms with van der Waals surface area (Å²) < 4.78 is 25.0. The molecule has 0 saturated carbocycles. The van der Waals surface area contributed by atoms with Gasteiger partial charge in [-0.25, -0.2) is 4.39 Å². The van der Waals surface area contributed by atoms with Gasteiger partial charge >= 0.3 is 0 Å². The fraction of sp³-hybridized carbons (Fsp3) is 0.333. The van der Waals surface area contributed by atoms with Crippen molar-refractivity contribution in [3.05, 3.63) is 59.4 Å². The molecule has 1 fully saturated rings. The third-order valence-electron chi connectivity index (χ3n) is 3.88. The number of aryl methyl sites for hydroxylation is 1. The van der Waals surface area contributed by atoms with Crippen molar-refractivity contribution in [1.29, 1.82) is 0 Å². The van der Waals surface area contributed by atoms with E-state index in [0.717, 1.165) is 16.7 Å². The lowest BCUT2D eigenvalue weighted by Gasteiger charge is -2.27. The molecule has 0 spiro atoms. The van der Waals surface area contributed by atoms with Crippen molar-refractivity contribution in [2.24, 2.45) is 0 Å². The van der Waals surface area contributed by atoms with Crippen LogP contribution in [0.5, 0.6) is 0 Å². The smallest absolute Gasteiger partial charge is 0.154 e. The van der Waals surface area contributed by atoms with Gasteiger partial charge in [0.1, 0.15) is 5.82 Å². The van der Waals surface area contributed by atoms with E-state index in [1.165, 1.54) is 0 Å². The third kappa shape index (κ3) is 3.14. The first-order chi connectivity index (χ1) is 10.1. The molecule has 110 valence electrons. The number of benzene rings is 2. The quantitative estimate of drug-likeness (QED) is 0.820. The zero-order chi connectivity index (χ0) is 14.8. The summed E-state index contributed by atoms with van der Waals surface area (Å²) in [5.74, 6) is 0.0685. The highest BCUT2D eigenvalue weighted by Gasteiger charge is 2.20. The topological polar surface area (TPSA) is 18.5 Å². The van der Waals surface area contributed by atoms with Crippen LogP contribution in [0.25, 0.3) is 11.1 Å². The Labute approximate surface area is 124 Å². The summed E-state index contributed by atoms with van der Waals surface area (Å²) >= 11 is 0. The van der Waals surface area contributed by atoms with Crippen LogP contribution in [0.3, 0.4) is 0 Å². The largest absolute Gasteiger partial charge is 0.352 e. The van der Waals surface area contributed by atoms with Crippen molar-refractivity contribution in [2.45, 2.75) is 26.1 Å². The van der Waals surface area contributed by atoms with Gasteiger partial charge in [-0.1, -0.05) is 36.4 Å². The highest BCUT2D eigenvalue weighted by molar-refractivity contribution is 5.64. The van der Waals surface area contributed by atoms with Crippen LogP contribution >= 0.6 is 0 Å². The van der Waals surface area contributed by atoms with E-state index in [1.54, 1.807) is 6.07 Å². The highest BCUT2D eigenvalue weighted by Crippen LogP contribution is 2.27. The average molecular weight is 286 g/mol. The molecule has 21 heavy (non-hydrogen) atoms. The molecule has 0 aromatic heterocycles. The normalized spacial score (nSPS) is 22.2. The van der Waals surface area contributed by atoms with E-state index in [0.29, 0.717) is 18.8 Å². The Morgan fingerprint density at radius 3 is 2.29 bits per heavy atom. The van der Waals surface area contributed by atoms with E-state index < -0.39 is 0 Å². The second-order valence-corrected chi connectivity index (χ2v) is 5.54.